The minimum absolute atomic E-state index is 0.197. The number of carbonyl (C=O) groups excluding carboxylic acids is 3. The van der Waals surface area contributed by atoms with Crippen LogP contribution >= 0.6 is 11.6 Å². The predicted molar refractivity (Wildman–Crippen MR) is 107 cm³/mol. The molecule has 0 aliphatic carbocycles. The van der Waals surface area contributed by atoms with Crippen LogP contribution in [-0.2, 0) is 4.79 Å². The third-order valence-electron chi connectivity index (χ3n) is 4.81. The molecule has 0 saturated carbocycles. The van der Waals surface area contributed by atoms with Gasteiger partial charge < -0.3 is 15.1 Å². The van der Waals surface area contributed by atoms with Gasteiger partial charge in [-0.15, -0.1) is 0 Å². The van der Waals surface area contributed by atoms with E-state index in [2.05, 4.69) is 5.32 Å². The van der Waals surface area contributed by atoms with E-state index in [4.69, 9.17) is 11.6 Å². The minimum Gasteiger partial charge on any atom is -0.340 e. The summed E-state index contributed by atoms with van der Waals surface area (Å²) in [6, 6.07) is 11.3. The van der Waals surface area contributed by atoms with Crippen molar-refractivity contribution in [1.82, 2.24) is 15.1 Å². The molecule has 1 saturated heterocycles. The summed E-state index contributed by atoms with van der Waals surface area (Å²) >= 11 is 6.02. The fourth-order valence-electron chi connectivity index (χ4n) is 3.16. The van der Waals surface area contributed by atoms with Crippen molar-refractivity contribution in [2.45, 2.75) is 13.0 Å². The summed E-state index contributed by atoms with van der Waals surface area (Å²) in [7, 11) is 0. The Balaban J connectivity index is 1.54. The van der Waals surface area contributed by atoms with Gasteiger partial charge in [0.2, 0.25) is 5.91 Å². The van der Waals surface area contributed by atoms with E-state index in [9.17, 15) is 18.8 Å². The van der Waals surface area contributed by atoms with Crippen LogP contribution in [0.15, 0.2) is 48.5 Å². The molecular formula is C21H21ClFN3O3. The lowest BCUT2D eigenvalue weighted by Crippen LogP contribution is -2.55. The van der Waals surface area contributed by atoms with E-state index in [1.807, 2.05) is 0 Å². The van der Waals surface area contributed by atoms with Crippen LogP contribution in [0.4, 0.5) is 4.39 Å². The number of piperazine rings is 1. The van der Waals surface area contributed by atoms with E-state index >= 15 is 0 Å². The van der Waals surface area contributed by atoms with Gasteiger partial charge in [0.05, 0.1) is 10.6 Å². The molecule has 29 heavy (non-hydrogen) atoms. The van der Waals surface area contributed by atoms with Crippen molar-refractivity contribution >= 4 is 29.3 Å². The molecule has 1 atom stereocenters. The molecule has 3 amide bonds. The van der Waals surface area contributed by atoms with E-state index in [0.29, 0.717) is 42.3 Å². The standard InChI is InChI=1S/C21H21ClFN3O3/c1-14(24-19(27)17-4-2-3-5-18(17)22)20(28)25-10-12-26(13-11-25)21(29)15-6-8-16(23)9-7-15/h2-9,14H,10-13H2,1H3,(H,24,27). The monoisotopic (exact) mass is 417 g/mol. The summed E-state index contributed by atoms with van der Waals surface area (Å²) in [4.78, 5) is 40.7. The molecule has 1 fully saturated rings. The van der Waals surface area contributed by atoms with Gasteiger partial charge >= 0.3 is 0 Å². The SMILES string of the molecule is CC(NC(=O)c1ccccc1Cl)C(=O)N1CCN(C(=O)c2ccc(F)cc2)CC1. The van der Waals surface area contributed by atoms with E-state index in [0.717, 1.165) is 0 Å². The molecule has 0 aromatic heterocycles. The van der Waals surface area contributed by atoms with Crippen LogP contribution in [0, 0.1) is 5.82 Å². The smallest absolute Gasteiger partial charge is 0.253 e. The Labute approximate surface area is 173 Å². The topological polar surface area (TPSA) is 69.7 Å². The second-order valence-electron chi connectivity index (χ2n) is 6.80. The number of carbonyl (C=O) groups is 3. The number of nitrogens with one attached hydrogen (secondary N) is 1. The largest absolute Gasteiger partial charge is 0.340 e. The average Bonchev–Trinajstić information content (AvgIpc) is 2.73. The molecule has 1 aliphatic heterocycles. The summed E-state index contributed by atoms with van der Waals surface area (Å²) < 4.78 is 13.0. The maximum atomic E-state index is 13.0. The van der Waals surface area contributed by atoms with Crippen LogP contribution in [0.25, 0.3) is 0 Å². The first-order valence-electron chi connectivity index (χ1n) is 9.26. The molecule has 3 rings (SSSR count). The third kappa shape index (κ3) is 4.92. The van der Waals surface area contributed by atoms with Crippen molar-refractivity contribution in [3.05, 3.63) is 70.5 Å². The highest BCUT2D eigenvalue weighted by Crippen LogP contribution is 2.15. The predicted octanol–water partition coefficient (Wildman–Crippen LogP) is 2.58. The lowest BCUT2D eigenvalue weighted by molar-refractivity contribution is -0.134. The second kappa shape index (κ2) is 9.05. The summed E-state index contributed by atoms with van der Waals surface area (Å²) in [5.74, 6) is -1.23. The molecule has 2 aromatic rings. The zero-order valence-corrected chi connectivity index (χ0v) is 16.7. The first-order chi connectivity index (χ1) is 13.9. The Morgan fingerprint density at radius 1 is 0.966 bits per heavy atom. The maximum Gasteiger partial charge on any atom is 0.253 e. The summed E-state index contributed by atoms with van der Waals surface area (Å²) in [6.07, 6.45) is 0. The molecule has 8 heteroatoms. The lowest BCUT2D eigenvalue weighted by Gasteiger charge is -2.36. The Morgan fingerprint density at radius 3 is 2.17 bits per heavy atom. The molecule has 0 radical (unpaired) electrons. The Morgan fingerprint density at radius 2 is 1.55 bits per heavy atom. The lowest BCUT2D eigenvalue weighted by atomic mass is 10.1. The molecule has 152 valence electrons. The number of rotatable bonds is 4. The number of halogens is 2. The summed E-state index contributed by atoms with van der Waals surface area (Å²) in [6.45, 7) is 3.07. The van der Waals surface area contributed by atoms with E-state index in [1.54, 1.807) is 41.0 Å². The van der Waals surface area contributed by atoms with Gasteiger partial charge in [0, 0.05) is 31.7 Å². The number of hydrogen-bond donors (Lipinski definition) is 1. The molecule has 6 nitrogen and oxygen atoms in total. The molecule has 1 unspecified atom stereocenters. The molecular weight excluding hydrogens is 397 g/mol. The van der Waals surface area contributed by atoms with Crippen molar-refractivity contribution in [2.75, 3.05) is 26.2 Å². The van der Waals surface area contributed by atoms with Gasteiger partial charge in [0.25, 0.3) is 11.8 Å². The number of hydrogen-bond acceptors (Lipinski definition) is 3. The highest BCUT2D eigenvalue weighted by Gasteiger charge is 2.28. The second-order valence-corrected chi connectivity index (χ2v) is 7.21. The Kier molecular flexibility index (Phi) is 6.49. The van der Waals surface area contributed by atoms with E-state index in [-0.39, 0.29) is 11.8 Å². The van der Waals surface area contributed by atoms with Gasteiger partial charge in [-0.05, 0) is 43.3 Å². The summed E-state index contributed by atoms with van der Waals surface area (Å²) in [5, 5.41) is 2.99. The van der Waals surface area contributed by atoms with Crippen LogP contribution in [-0.4, -0.2) is 59.7 Å². The highest BCUT2D eigenvalue weighted by molar-refractivity contribution is 6.33. The third-order valence-corrected chi connectivity index (χ3v) is 5.14. The van der Waals surface area contributed by atoms with Crippen LogP contribution < -0.4 is 5.32 Å². The van der Waals surface area contributed by atoms with Gasteiger partial charge in [-0.25, -0.2) is 4.39 Å². The van der Waals surface area contributed by atoms with Gasteiger partial charge in [0.15, 0.2) is 0 Å². The van der Waals surface area contributed by atoms with Crippen molar-refractivity contribution in [3.8, 4) is 0 Å². The van der Waals surface area contributed by atoms with Crippen molar-refractivity contribution in [3.63, 3.8) is 0 Å². The minimum atomic E-state index is -0.724. The molecule has 1 heterocycles. The average molecular weight is 418 g/mol. The first kappa shape index (κ1) is 20.8. The normalized spacial score (nSPS) is 15.0. The zero-order chi connectivity index (χ0) is 21.0. The quantitative estimate of drug-likeness (QED) is 0.831. The van der Waals surface area contributed by atoms with Crippen LogP contribution in [0.2, 0.25) is 5.02 Å². The van der Waals surface area contributed by atoms with Crippen molar-refractivity contribution in [2.24, 2.45) is 0 Å². The van der Waals surface area contributed by atoms with Gasteiger partial charge in [-0.1, -0.05) is 23.7 Å². The number of nitrogens with zero attached hydrogens (tertiary/aromatic N) is 2. The fourth-order valence-corrected chi connectivity index (χ4v) is 3.38. The van der Waals surface area contributed by atoms with Crippen LogP contribution in [0.5, 0.6) is 0 Å². The molecule has 0 bridgehead atoms. The Hall–Kier alpha value is -2.93. The highest BCUT2D eigenvalue weighted by atomic mass is 35.5. The Bertz CT molecular complexity index is 912. The first-order valence-corrected chi connectivity index (χ1v) is 9.63. The van der Waals surface area contributed by atoms with Crippen molar-refractivity contribution < 1.29 is 18.8 Å². The fraction of sp³-hybridized carbons (Fsp3) is 0.286. The van der Waals surface area contributed by atoms with Gasteiger partial charge in [-0.2, -0.15) is 0 Å². The molecule has 0 spiro atoms. The van der Waals surface area contributed by atoms with E-state index < -0.39 is 17.8 Å². The van der Waals surface area contributed by atoms with Crippen LogP contribution in [0.1, 0.15) is 27.6 Å². The molecule has 1 N–H and O–H groups in total. The number of benzene rings is 2. The van der Waals surface area contributed by atoms with Gasteiger partial charge in [0.1, 0.15) is 11.9 Å². The van der Waals surface area contributed by atoms with E-state index in [1.165, 1.54) is 24.3 Å². The number of amides is 3. The van der Waals surface area contributed by atoms with Crippen molar-refractivity contribution in [1.29, 1.82) is 0 Å². The van der Waals surface area contributed by atoms with Crippen LogP contribution in [0.3, 0.4) is 0 Å². The maximum absolute atomic E-state index is 13.0. The molecule has 2 aromatic carbocycles. The zero-order valence-electron chi connectivity index (χ0n) is 15.9. The summed E-state index contributed by atoms with van der Waals surface area (Å²) in [5.41, 5.74) is 0.718. The van der Waals surface area contributed by atoms with Gasteiger partial charge in [-0.3, -0.25) is 14.4 Å². The molecule has 1 aliphatic rings.